The Balaban J connectivity index is 1.94. The monoisotopic (exact) mass is 298 g/mol. The van der Waals surface area contributed by atoms with Gasteiger partial charge < -0.3 is 0 Å². The van der Waals surface area contributed by atoms with Gasteiger partial charge in [-0.15, -0.1) is 0 Å². The lowest BCUT2D eigenvalue weighted by Crippen LogP contribution is -2.35. The van der Waals surface area contributed by atoms with Crippen molar-refractivity contribution in [1.82, 2.24) is 4.67 Å². The maximum atomic E-state index is 2.80. The molecule has 1 aliphatic rings. The van der Waals surface area contributed by atoms with Gasteiger partial charge in [0.15, 0.2) is 0 Å². The summed E-state index contributed by atoms with van der Waals surface area (Å²) in [5, 5.41) is 1.55. The Morgan fingerprint density at radius 2 is 1.38 bits per heavy atom. The van der Waals surface area contributed by atoms with Crippen LogP contribution in [0.5, 0.6) is 0 Å². The number of rotatable bonds is 4. The highest BCUT2D eigenvalue weighted by Gasteiger charge is 2.42. The quantitative estimate of drug-likeness (QED) is 0.748. The van der Waals surface area contributed by atoms with Gasteiger partial charge >= 0.3 is 0 Å². The van der Waals surface area contributed by atoms with Crippen LogP contribution in [0.25, 0.3) is 0 Å². The summed E-state index contributed by atoms with van der Waals surface area (Å²) >= 11 is 0. The smallest absolute Gasteiger partial charge is 0.117 e. The van der Waals surface area contributed by atoms with Gasteiger partial charge in [-0.2, -0.15) is 4.67 Å². The van der Waals surface area contributed by atoms with E-state index in [1.165, 1.54) is 44.1 Å². The molecule has 2 aromatic rings. The third-order valence-electron chi connectivity index (χ3n) is 4.60. The summed E-state index contributed by atoms with van der Waals surface area (Å²) in [7, 11) is -1.29. The van der Waals surface area contributed by atoms with Crippen LogP contribution >= 0.6 is 7.41 Å². The van der Waals surface area contributed by atoms with Gasteiger partial charge in [-0.05, 0) is 30.5 Å². The van der Waals surface area contributed by atoms with Gasteiger partial charge in [-0.3, -0.25) is 0 Å². The van der Waals surface area contributed by atoms with Crippen LogP contribution in [0, 0.1) is 0 Å². The highest BCUT2D eigenvalue weighted by molar-refractivity contribution is 7.79. The molecule has 0 amide bonds. The third-order valence-corrected chi connectivity index (χ3v) is 8.64. The van der Waals surface area contributed by atoms with Gasteiger partial charge in [-0.25, -0.2) is 0 Å². The highest BCUT2D eigenvalue weighted by atomic mass is 31.2. The summed E-state index contributed by atoms with van der Waals surface area (Å²) in [5.41, 5.74) is 1.47. The van der Waals surface area contributed by atoms with E-state index >= 15 is 0 Å². The zero-order valence-electron chi connectivity index (χ0n) is 12.9. The van der Waals surface area contributed by atoms with Crippen molar-refractivity contribution >= 4 is 12.7 Å². The molecule has 0 bridgehead atoms. The molecule has 0 saturated carbocycles. The van der Waals surface area contributed by atoms with Gasteiger partial charge in [0.1, 0.15) is 18.9 Å². The van der Waals surface area contributed by atoms with Crippen molar-refractivity contribution in [1.29, 1.82) is 0 Å². The van der Waals surface area contributed by atoms with Gasteiger partial charge in [0.05, 0.1) is 6.66 Å². The van der Waals surface area contributed by atoms with Crippen molar-refractivity contribution in [3.8, 4) is 0 Å². The van der Waals surface area contributed by atoms with Crippen molar-refractivity contribution in [2.45, 2.75) is 25.4 Å². The molecule has 0 radical (unpaired) electrons. The molecule has 0 spiro atoms. The van der Waals surface area contributed by atoms with E-state index in [9.17, 15) is 0 Å². The predicted octanol–water partition coefficient (Wildman–Crippen LogP) is 4.56. The lowest BCUT2D eigenvalue weighted by Gasteiger charge is -2.36. The van der Waals surface area contributed by atoms with Gasteiger partial charge in [0, 0.05) is 13.1 Å². The maximum absolute atomic E-state index is 2.80. The van der Waals surface area contributed by atoms with Gasteiger partial charge in [0.25, 0.3) is 0 Å². The molecule has 1 atom stereocenters. The van der Waals surface area contributed by atoms with Crippen molar-refractivity contribution < 1.29 is 0 Å². The second-order valence-electron chi connectivity index (χ2n) is 6.13. The van der Waals surface area contributed by atoms with Crippen LogP contribution in [0.3, 0.4) is 0 Å². The highest BCUT2D eigenvalue weighted by Crippen LogP contribution is 2.60. The average molecular weight is 298 g/mol. The fraction of sp³-hybridized carbons (Fsp3) is 0.368. The first-order valence-corrected chi connectivity index (χ1v) is 10.4. The second kappa shape index (κ2) is 6.73. The normalized spacial score (nSPS) is 19.1. The summed E-state index contributed by atoms with van der Waals surface area (Å²) in [6.45, 7) is 5.07. The van der Waals surface area contributed by atoms with Gasteiger partial charge in [0.2, 0.25) is 0 Å². The lowest BCUT2D eigenvalue weighted by molar-refractivity contribution is 0.366. The number of hydrogen-bond donors (Lipinski definition) is 0. The molecule has 110 valence electrons. The lowest BCUT2D eigenvalue weighted by atomic mass is 10.2. The Morgan fingerprint density at radius 3 is 2.00 bits per heavy atom. The first kappa shape index (κ1) is 14.8. The third kappa shape index (κ3) is 3.36. The number of piperidine rings is 1. The summed E-state index contributed by atoms with van der Waals surface area (Å²) in [6, 6.07) is 22.2. The molecule has 2 heteroatoms. The average Bonchev–Trinajstić information content (AvgIpc) is 2.57. The van der Waals surface area contributed by atoms with Crippen LogP contribution in [0.1, 0.15) is 24.8 Å². The molecule has 21 heavy (non-hydrogen) atoms. The van der Waals surface area contributed by atoms with Crippen molar-refractivity contribution in [3.05, 3.63) is 66.2 Å². The molecule has 3 rings (SSSR count). The van der Waals surface area contributed by atoms with E-state index in [2.05, 4.69) is 72.0 Å². The Kier molecular flexibility index (Phi) is 4.73. The first-order chi connectivity index (χ1) is 10.3. The molecule has 1 unspecified atom stereocenters. The molecule has 2 aromatic carbocycles. The topological polar surface area (TPSA) is 3.24 Å². The Bertz CT molecular complexity index is 548. The molecule has 1 aliphatic heterocycles. The molecule has 1 heterocycles. The van der Waals surface area contributed by atoms with E-state index in [4.69, 9.17) is 0 Å². The Morgan fingerprint density at radius 1 is 0.810 bits per heavy atom. The fourth-order valence-corrected chi connectivity index (χ4v) is 6.97. The second-order valence-corrected chi connectivity index (χ2v) is 9.81. The SMILES string of the molecule is C[P+](Cc1ccccc1)(c1ccccc1)N1CCCCC1. The van der Waals surface area contributed by atoms with Crippen LogP contribution in [0.15, 0.2) is 60.7 Å². The Hall–Kier alpha value is -1.17. The zero-order valence-corrected chi connectivity index (χ0v) is 13.8. The standard InChI is InChI=1S/C19H25NP/c1-21(19-13-7-3-8-14-19,20-15-9-4-10-16-20)17-18-11-5-2-6-12-18/h2-3,5-8,11-14H,4,9-10,15-17H2,1H3/q+1. The minimum absolute atomic E-state index is 1.19. The largest absolute Gasteiger partial charge is 0.175 e. The number of benzene rings is 2. The van der Waals surface area contributed by atoms with Crippen LogP contribution in [-0.4, -0.2) is 24.4 Å². The summed E-state index contributed by atoms with van der Waals surface area (Å²) < 4.78 is 2.80. The summed E-state index contributed by atoms with van der Waals surface area (Å²) in [4.78, 5) is 0. The van der Waals surface area contributed by atoms with Crippen LogP contribution in [-0.2, 0) is 6.16 Å². The molecular formula is C19H25NP+. The molecule has 1 nitrogen and oxygen atoms in total. The minimum Gasteiger partial charge on any atom is -0.175 e. The molecule has 0 aliphatic carbocycles. The maximum Gasteiger partial charge on any atom is 0.117 e. The van der Waals surface area contributed by atoms with Crippen molar-refractivity contribution in [2.75, 3.05) is 19.8 Å². The van der Waals surface area contributed by atoms with Crippen molar-refractivity contribution in [3.63, 3.8) is 0 Å². The summed E-state index contributed by atoms with van der Waals surface area (Å²) in [5.74, 6) is 0. The van der Waals surface area contributed by atoms with E-state index in [1.807, 2.05) is 0 Å². The van der Waals surface area contributed by atoms with Gasteiger partial charge in [-0.1, -0.05) is 55.0 Å². The minimum atomic E-state index is -1.29. The van der Waals surface area contributed by atoms with Crippen LogP contribution < -0.4 is 5.30 Å². The molecule has 0 aromatic heterocycles. The summed E-state index contributed by atoms with van der Waals surface area (Å²) in [6.07, 6.45) is 5.31. The van der Waals surface area contributed by atoms with Crippen molar-refractivity contribution in [2.24, 2.45) is 0 Å². The number of nitrogens with zero attached hydrogens (tertiary/aromatic N) is 1. The molecule has 1 fully saturated rings. The van der Waals surface area contributed by atoms with E-state index in [0.29, 0.717) is 0 Å². The van der Waals surface area contributed by atoms with E-state index in [0.717, 1.165) is 0 Å². The molecule has 1 saturated heterocycles. The molecular weight excluding hydrogens is 273 g/mol. The zero-order chi connectivity index (χ0) is 14.5. The fourth-order valence-electron chi connectivity index (χ4n) is 3.36. The molecule has 0 N–H and O–H groups in total. The Labute approximate surface area is 129 Å². The predicted molar refractivity (Wildman–Crippen MR) is 94.5 cm³/mol. The van der Waals surface area contributed by atoms with E-state index in [1.54, 1.807) is 5.30 Å². The van der Waals surface area contributed by atoms with E-state index in [-0.39, 0.29) is 0 Å². The number of hydrogen-bond acceptors (Lipinski definition) is 1. The van der Waals surface area contributed by atoms with E-state index < -0.39 is 7.41 Å². The van der Waals surface area contributed by atoms with Crippen LogP contribution in [0.2, 0.25) is 0 Å². The van der Waals surface area contributed by atoms with Crippen LogP contribution in [0.4, 0.5) is 0 Å². The first-order valence-electron chi connectivity index (χ1n) is 7.99.